The number of hydrogen-bond donors (Lipinski definition) is 4. The summed E-state index contributed by atoms with van der Waals surface area (Å²) in [6, 6.07) is 16.5. The molecule has 0 aliphatic carbocycles. The minimum absolute atomic E-state index is 0.000981. The zero-order valence-corrected chi connectivity index (χ0v) is 23.6. The van der Waals surface area contributed by atoms with Crippen LogP contribution in [0, 0.1) is 0 Å². The molecule has 0 saturated heterocycles. The minimum atomic E-state index is -4.09. The van der Waals surface area contributed by atoms with E-state index in [1.54, 1.807) is 48.5 Å². The van der Waals surface area contributed by atoms with E-state index >= 15 is 0 Å². The lowest BCUT2D eigenvalue weighted by Gasteiger charge is -2.19. The Morgan fingerprint density at radius 1 is 0.951 bits per heavy atom. The first-order chi connectivity index (χ1) is 19.7. The van der Waals surface area contributed by atoms with Crippen molar-refractivity contribution < 1.29 is 32.5 Å². The molecule has 0 bridgehead atoms. The number of benzene rings is 3. The number of methoxy groups -OCH3 is 2. The highest BCUT2D eigenvalue weighted by Crippen LogP contribution is 2.42. The first kappa shape index (κ1) is 29.4. The third-order valence-corrected chi connectivity index (χ3v) is 7.22. The number of nitrogens with one attached hydrogen (secondary N) is 3. The van der Waals surface area contributed by atoms with Crippen molar-refractivity contribution in [3.8, 4) is 17.2 Å². The maximum atomic E-state index is 13.4. The van der Waals surface area contributed by atoms with Crippen molar-refractivity contribution in [3.63, 3.8) is 0 Å². The fraction of sp³-hybridized carbons (Fsp3) is 0.250. The molecule has 0 spiro atoms. The molecule has 1 heterocycles. The average Bonchev–Trinajstić information content (AvgIpc) is 2.97. The number of carbonyl (C=O) groups is 1. The zero-order chi connectivity index (χ0) is 29.4. The molecule has 0 saturated carbocycles. The van der Waals surface area contributed by atoms with Gasteiger partial charge in [0.25, 0.3) is 10.0 Å². The monoisotopic (exact) mass is 581 g/mol. The first-order valence-electron chi connectivity index (χ1n) is 12.6. The maximum absolute atomic E-state index is 13.4. The smallest absolute Gasteiger partial charge is 0.263 e. The van der Waals surface area contributed by atoms with E-state index in [4.69, 9.17) is 14.2 Å². The highest BCUT2D eigenvalue weighted by atomic mass is 32.2. The number of fused-ring (bicyclic) bond motifs is 1. The van der Waals surface area contributed by atoms with Gasteiger partial charge in [0.05, 0.1) is 42.4 Å². The van der Waals surface area contributed by atoms with Gasteiger partial charge in [-0.25, -0.2) is 18.4 Å². The predicted octanol–water partition coefficient (Wildman–Crippen LogP) is 3.59. The van der Waals surface area contributed by atoms with Gasteiger partial charge in [0.1, 0.15) is 5.75 Å². The molecule has 1 amide bonds. The van der Waals surface area contributed by atoms with Crippen molar-refractivity contribution in [2.75, 3.05) is 37.5 Å². The molecule has 0 radical (unpaired) electrons. The van der Waals surface area contributed by atoms with Crippen LogP contribution in [0.15, 0.2) is 65.6 Å². The van der Waals surface area contributed by atoms with Gasteiger partial charge in [-0.1, -0.05) is 24.3 Å². The zero-order valence-electron chi connectivity index (χ0n) is 22.8. The second kappa shape index (κ2) is 13.2. The van der Waals surface area contributed by atoms with Gasteiger partial charge in [0.15, 0.2) is 23.1 Å². The Bertz CT molecular complexity index is 1630. The van der Waals surface area contributed by atoms with Gasteiger partial charge in [-0.15, -0.1) is 0 Å². The third kappa shape index (κ3) is 7.32. The molecule has 0 aliphatic rings. The number of amides is 1. The summed E-state index contributed by atoms with van der Waals surface area (Å²) in [5, 5.41) is 15.0. The van der Waals surface area contributed by atoms with Gasteiger partial charge in [0, 0.05) is 38.6 Å². The molecule has 13 heteroatoms. The van der Waals surface area contributed by atoms with E-state index in [0.29, 0.717) is 40.4 Å². The number of aromatic nitrogens is 2. The van der Waals surface area contributed by atoms with Gasteiger partial charge in [-0.3, -0.25) is 9.52 Å². The molecule has 4 N–H and O–H groups in total. The van der Waals surface area contributed by atoms with E-state index in [1.165, 1.54) is 33.3 Å². The third-order valence-electron chi connectivity index (χ3n) is 5.86. The molecular formula is C28H31N5O7S. The standard InChI is InChI=1S/C28H31N5O7S/c1-18(35)29-17-19-9-11-21(12-10-19)41(36,37)33-28-27(30-22-7-4-5-8-23(22)31-28)32-24-15-20(38-2)16-25(39-3)26(24)40-14-6-13-34/h4-5,7-12,15-16,34H,6,13-14,17H2,1-3H3,(H,29,35)(H,30,32)(H,31,33). The summed E-state index contributed by atoms with van der Waals surface area (Å²) in [7, 11) is -1.10. The van der Waals surface area contributed by atoms with Crippen molar-refractivity contribution in [1.82, 2.24) is 15.3 Å². The Balaban J connectivity index is 1.74. The number of rotatable bonds is 13. The number of carbonyl (C=O) groups excluding carboxylic acids is 1. The normalized spacial score (nSPS) is 11.1. The van der Waals surface area contributed by atoms with Crippen molar-refractivity contribution in [3.05, 3.63) is 66.2 Å². The summed E-state index contributed by atoms with van der Waals surface area (Å²) < 4.78 is 46.1. The van der Waals surface area contributed by atoms with Crippen molar-refractivity contribution in [1.29, 1.82) is 0 Å². The molecule has 4 rings (SSSR count). The number of ether oxygens (including phenoxy) is 3. The molecule has 12 nitrogen and oxygen atoms in total. The predicted molar refractivity (Wildman–Crippen MR) is 154 cm³/mol. The van der Waals surface area contributed by atoms with Crippen molar-refractivity contribution in [2.45, 2.75) is 24.8 Å². The summed E-state index contributed by atoms with van der Waals surface area (Å²) in [5.41, 5.74) is 2.13. The molecule has 3 aromatic carbocycles. The largest absolute Gasteiger partial charge is 0.497 e. The number of aliphatic hydroxyl groups is 1. The van der Waals surface area contributed by atoms with Crippen LogP contribution in [0.3, 0.4) is 0 Å². The van der Waals surface area contributed by atoms with E-state index in [2.05, 4.69) is 25.3 Å². The Morgan fingerprint density at radius 3 is 2.24 bits per heavy atom. The van der Waals surface area contributed by atoms with Crippen LogP contribution in [0.4, 0.5) is 17.3 Å². The van der Waals surface area contributed by atoms with Crippen LogP contribution in [0.5, 0.6) is 17.2 Å². The van der Waals surface area contributed by atoms with Crippen LogP contribution in [0.25, 0.3) is 11.0 Å². The summed E-state index contributed by atoms with van der Waals surface area (Å²) in [5.74, 6) is 1.01. The quantitative estimate of drug-likeness (QED) is 0.172. The first-order valence-corrected chi connectivity index (χ1v) is 14.1. The van der Waals surface area contributed by atoms with Gasteiger partial charge >= 0.3 is 0 Å². The van der Waals surface area contributed by atoms with Crippen LogP contribution >= 0.6 is 0 Å². The lowest BCUT2D eigenvalue weighted by molar-refractivity contribution is -0.119. The number of sulfonamides is 1. The van der Waals surface area contributed by atoms with Crippen LogP contribution in [0.1, 0.15) is 18.9 Å². The summed E-state index contributed by atoms with van der Waals surface area (Å²) >= 11 is 0. The van der Waals surface area contributed by atoms with Gasteiger partial charge < -0.3 is 30.0 Å². The van der Waals surface area contributed by atoms with Crippen LogP contribution in [-0.2, 0) is 21.4 Å². The van der Waals surface area contributed by atoms with Crippen LogP contribution in [-0.4, -0.2) is 56.8 Å². The summed E-state index contributed by atoms with van der Waals surface area (Å²) in [6.07, 6.45) is 0.388. The van der Waals surface area contributed by atoms with Crippen LogP contribution in [0.2, 0.25) is 0 Å². The van der Waals surface area contributed by atoms with Gasteiger partial charge in [0.2, 0.25) is 5.91 Å². The Hall–Kier alpha value is -4.62. The molecule has 0 fully saturated rings. The van der Waals surface area contributed by atoms with E-state index in [-0.39, 0.29) is 42.2 Å². The summed E-state index contributed by atoms with van der Waals surface area (Å²) in [6.45, 7) is 1.83. The molecule has 4 aromatic rings. The second-order valence-corrected chi connectivity index (χ2v) is 10.5. The topological polar surface area (TPSA) is 161 Å². The number of nitrogens with zero attached hydrogens (tertiary/aromatic N) is 2. The molecule has 216 valence electrons. The van der Waals surface area contributed by atoms with Crippen molar-refractivity contribution in [2.24, 2.45) is 0 Å². The van der Waals surface area contributed by atoms with Gasteiger partial charge in [-0.05, 0) is 29.8 Å². The summed E-state index contributed by atoms with van der Waals surface area (Å²) in [4.78, 5) is 20.4. The number of para-hydroxylation sites is 2. The second-order valence-electron chi connectivity index (χ2n) is 8.83. The highest BCUT2D eigenvalue weighted by molar-refractivity contribution is 7.92. The lowest BCUT2D eigenvalue weighted by atomic mass is 10.2. The highest BCUT2D eigenvalue weighted by Gasteiger charge is 2.22. The average molecular weight is 582 g/mol. The molecule has 0 atom stereocenters. The van der Waals surface area contributed by atoms with Crippen LogP contribution < -0.4 is 29.6 Å². The number of anilines is 3. The maximum Gasteiger partial charge on any atom is 0.263 e. The molecule has 0 unspecified atom stereocenters. The molecule has 1 aromatic heterocycles. The molecule has 0 aliphatic heterocycles. The lowest BCUT2D eigenvalue weighted by Crippen LogP contribution is -2.19. The van der Waals surface area contributed by atoms with Gasteiger partial charge in [-0.2, -0.15) is 0 Å². The number of hydrogen-bond acceptors (Lipinski definition) is 10. The van der Waals surface area contributed by atoms with E-state index in [0.717, 1.165) is 5.56 Å². The fourth-order valence-corrected chi connectivity index (χ4v) is 4.82. The minimum Gasteiger partial charge on any atom is -0.497 e. The Kier molecular flexibility index (Phi) is 9.42. The Labute approximate surface area is 237 Å². The fourth-order valence-electron chi connectivity index (χ4n) is 3.81. The molecule has 41 heavy (non-hydrogen) atoms. The van der Waals surface area contributed by atoms with E-state index in [1.807, 2.05) is 0 Å². The SMILES string of the molecule is COc1cc(Nc2nc3ccccc3nc2NS(=O)(=O)c2ccc(CNC(C)=O)cc2)c(OCCCO)c(OC)c1. The van der Waals surface area contributed by atoms with E-state index < -0.39 is 10.0 Å². The van der Waals surface area contributed by atoms with Crippen molar-refractivity contribution >= 4 is 44.3 Å². The van der Waals surface area contributed by atoms with E-state index in [9.17, 15) is 18.3 Å². The Morgan fingerprint density at radius 2 is 1.63 bits per heavy atom. The number of aliphatic hydroxyl groups excluding tert-OH is 1. The molecular weight excluding hydrogens is 550 g/mol.